The Kier molecular flexibility index (Phi) is 5.00. The van der Waals surface area contributed by atoms with Crippen LogP contribution in [0.3, 0.4) is 0 Å². The smallest absolute Gasteiger partial charge is 0.409 e. The number of fused-ring (bicyclic) bond motifs is 1. The molecule has 3 rings (SSSR count). The van der Waals surface area contributed by atoms with E-state index in [0.29, 0.717) is 0 Å². The molecule has 0 saturated carbocycles. The van der Waals surface area contributed by atoms with Gasteiger partial charge in [-0.2, -0.15) is 0 Å². The predicted molar refractivity (Wildman–Crippen MR) is 85.3 cm³/mol. The third kappa shape index (κ3) is 3.42. The van der Waals surface area contributed by atoms with E-state index < -0.39 is 30.4 Å². The summed E-state index contributed by atoms with van der Waals surface area (Å²) in [5.41, 5.74) is -0.355. The number of thioether (sulfide) groups is 1. The first-order valence-corrected chi connectivity index (χ1v) is 8.70. The molecule has 2 fully saturated rings. The minimum atomic E-state index is -1.13. The van der Waals surface area contributed by atoms with Crippen LogP contribution in [0.25, 0.3) is 0 Å². The number of ether oxygens (including phenoxy) is 2. The van der Waals surface area contributed by atoms with Crippen LogP contribution in [0.2, 0.25) is 0 Å². The van der Waals surface area contributed by atoms with Gasteiger partial charge in [-0.25, -0.2) is 4.79 Å². The Hall–Kier alpha value is -1.03. The second-order valence-electron chi connectivity index (χ2n) is 6.21. The van der Waals surface area contributed by atoms with Gasteiger partial charge >= 0.3 is 6.09 Å². The highest BCUT2D eigenvalue weighted by molar-refractivity contribution is 8.14. The molecular weight excluding hydrogens is 322 g/mol. The van der Waals surface area contributed by atoms with Crippen LogP contribution < -0.4 is 0 Å². The highest BCUT2D eigenvalue weighted by Gasteiger charge is 2.49. The minimum absolute atomic E-state index is 0.0991. The summed E-state index contributed by atoms with van der Waals surface area (Å²) in [6, 6.07) is -0.480. The molecular formula is C14H23N3O5S. The van der Waals surface area contributed by atoms with E-state index in [9.17, 15) is 15.0 Å². The number of aliphatic hydroxyl groups excluding tert-OH is 2. The molecule has 0 radical (unpaired) electrons. The maximum atomic E-state index is 11.5. The monoisotopic (exact) mass is 345 g/mol. The topological polar surface area (TPSA) is 94.8 Å². The van der Waals surface area contributed by atoms with Crippen molar-refractivity contribution in [3.8, 4) is 0 Å². The zero-order valence-corrected chi connectivity index (χ0v) is 14.1. The molecule has 0 bridgehead atoms. The van der Waals surface area contributed by atoms with Crippen LogP contribution in [0.1, 0.15) is 12.8 Å². The normalized spacial score (nSPS) is 36.6. The molecule has 0 aromatic heterocycles. The number of amides is 1. The summed E-state index contributed by atoms with van der Waals surface area (Å²) in [5.74, 6) is 0. The van der Waals surface area contributed by atoms with Gasteiger partial charge in [0.25, 0.3) is 0 Å². The van der Waals surface area contributed by atoms with Gasteiger partial charge in [-0.05, 0) is 12.8 Å². The van der Waals surface area contributed by atoms with Gasteiger partial charge in [0.2, 0.25) is 0 Å². The molecule has 0 aliphatic carbocycles. The van der Waals surface area contributed by atoms with Gasteiger partial charge in [0.1, 0.15) is 36.4 Å². The molecule has 3 aliphatic heterocycles. The zero-order chi connectivity index (χ0) is 16.6. The lowest BCUT2D eigenvalue weighted by molar-refractivity contribution is -0.165. The van der Waals surface area contributed by atoms with Crippen LogP contribution in [0, 0.1) is 0 Å². The van der Waals surface area contributed by atoms with Crippen molar-refractivity contribution in [3.63, 3.8) is 0 Å². The number of likely N-dealkylation sites (tertiary alicyclic amines) is 1. The van der Waals surface area contributed by atoms with E-state index >= 15 is 0 Å². The lowest BCUT2D eigenvalue weighted by Gasteiger charge is -2.37. The molecule has 3 heterocycles. The fourth-order valence-corrected chi connectivity index (χ4v) is 4.18. The number of amidine groups is 1. The lowest BCUT2D eigenvalue weighted by atomic mass is 9.99. The van der Waals surface area contributed by atoms with Crippen molar-refractivity contribution >= 4 is 23.0 Å². The summed E-state index contributed by atoms with van der Waals surface area (Å²) in [6.07, 6.45) is -1.13. The predicted octanol–water partition coefficient (Wildman–Crippen LogP) is -0.302. The highest BCUT2D eigenvalue weighted by Crippen LogP contribution is 2.38. The molecule has 1 amide bonds. The Labute approximate surface area is 139 Å². The van der Waals surface area contributed by atoms with Crippen LogP contribution in [-0.2, 0) is 9.47 Å². The van der Waals surface area contributed by atoms with Crippen molar-refractivity contribution in [2.24, 2.45) is 4.99 Å². The maximum Gasteiger partial charge on any atom is 0.409 e. The van der Waals surface area contributed by atoms with Crippen molar-refractivity contribution in [2.45, 2.75) is 42.6 Å². The Morgan fingerprint density at radius 3 is 2.74 bits per heavy atom. The van der Waals surface area contributed by atoms with Gasteiger partial charge in [0, 0.05) is 27.2 Å². The number of nitrogens with zero attached hydrogens (tertiary/aromatic N) is 3. The van der Waals surface area contributed by atoms with Crippen LogP contribution in [0.5, 0.6) is 0 Å². The number of aliphatic hydroxyl groups is 2. The van der Waals surface area contributed by atoms with Crippen molar-refractivity contribution < 1.29 is 24.5 Å². The van der Waals surface area contributed by atoms with Crippen molar-refractivity contribution in [3.05, 3.63) is 0 Å². The molecule has 23 heavy (non-hydrogen) atoms. The number of carbonyl (C=O) groups is 1. The Balaban J connectivity index is 1.61. The average molecular weight is 345 g/mol. The van der Waals surface area contributed by atoms with Gasteiger partial charge < -0.3 is 29.5 Å². The highest BCUT2D eigenvalue weighted by atomic mass is 32.2. The summed E-state index contributed by atoms with van der Waals surface area (Å²) < 4.78 is 10.9. The molecule has 2 saturated heterocycles. The van der Waals surface area contributed by atoms with E-state index in [1.807, 2.05) is 0 Å². The second-order valence-corrected chi connectivity index (χ2v) is 7.28. The third-order valence-electron chi connectivity index (χ3n) is 4.26. The summed E-state index contributed by atoms with van der Waals surface area (Å²) >= 11 is 1.47. The second kappa shape index (κ2) is 6.84. The van der Waals surface area contributed by atoms with Gasteiger partial charge in [-0.15, -0.1) is 0 Å². The summed E-state index contributed by atoms with van der Waals surface area (Å²) in [5, 5.41) is 21.4. The molecule has 2 N–H and O–H groups in total. The van der Waals surface area contributed by atoms with Crippen LogP contribution >= 0.6 is 11.8 Å². The SMILES string of the molecule is CN(C)C(=O)OC[C@H]1O[C@@H]2SC(N3CCCC3)=N[C@@H]2[C@@H](O)[C@@H]1O. The maximum absolute atomic E-state index is 11.5. The first kappa shape index (κ1) is 16.8. The first-order chi connectivity index (χ1) is 11.0. The van der Waals surface area contributed by atoms with Crippen LogP contribution in [0.4, 0.5) is 4.79 Å². The van der Waals surface area contributed by atoms with E-state index in [1.54, 1.807) is 14.1 Å². The number of rotatable bonds is 2. The van der Waals surface area contributed by atoms with E-state index in [1.165, 1.54) is 16.7 Å². The van der Waals surface area contributed by atoms with E-state index in [0.717, 1.165) is 31.1 Å². The number of aliphatic imine (C=N–C) groups is 1. The van der Waals surface area contributed by atoms with Gasteiger partial charge in [0.05, 0.1) is 0 Å². The molecule has 0 aromatic rings. The summed E-state index contributed by atoms with van der Waals surface area (Å²) in [6.45, 7) is 1.83. The van der Waals surface area contributed by atoms with Crippen molar-refractivity contribution in [2.75, 3.05) is 33.8 Å². The summed E-state index contributed by atoms with van der Waals surface area (Å²) in [7, 11) is 3.16. The van der Waals surface area contributed by atoms with Gasteiger partial charge in [-0.1, -0.05) is 11.8 Å². The largest absolute Gasteiger partial charge is 0.447 e. The molecule has 5 atom stereocenters. The minimum Gasteiger partial charge on any atom is -0.447 e. The van der Waals surface area contributed by atoms with E-state index in [-0.39, 0.29) is 12.0 Å². The number of hydrogen-bond acceptors (Lipinski definition) is 8. The number of carbonyl (C=O) groups excluding carboxylic acids is 1. The van der Waals surface area contributed by atoms with Crippen molar-refractivity contribution in [1.82, 2.24) is 9.80 Å². The molecule has 3 aliphatic rings. The molecule has 8 nitrogen and oxygen atoms in total. The van der Waals surface area contributed by atoms with Gasteiger partial charge in [-0.3, -0.25) is 4.99 Å². The standard InChI is InChI=1S/C14H23N3O5S/c1-16(2)14(20)21-7-8-10(18)11(19)9-12(22-8)23-13(15-9)17-5-3-4-6-17/h8-12,18-19H,3-7H2,1-2H3/t8-,9-,10-,11-,12-/m1/s1. The van der Waals surface area contributed by atoms with E-state index in [4.69, 9.17) is 9.47 Å². The third-order valence-corrected chi connectivity index (χ3v) is 5.46. The van der Waals surface area contributed by atoms with Crippen molar-refractivity contribution in [1.29, 1.82) is 0 Å². The Morgan fingerprint density at radius 1 is 1.39 bits per heavy atom. The van der Waals surface area contributed by atoms with Crippen LogP contribution in [0.15, 0.2) is 4.99 Å². The fourth-order valence-electron chi connectivity index (χ4n) is 2.90. The lowest BCUT2D eigenvalue weighted by Crippen LogP contribution is -2.56. The number of hydrogen-bond donors (Lipinski definition) is 2. The molecule has 0 aromatic carbocycles. The molecule has 0 spiro atoms. The molecule has 130 valence electrons. The van der Waals surface area contributed by atoms with Crippen LogP contribution in [-0.4, -0.2) is 94.9 Å². The zero-order valence-electron chi connectivity index (χ0n) is 13.3. The summed E-state index contributed by atoms with van der Waals surface area (Å²) in [4.78, 5) is 19.5. The average Bonchev–Trinajstić information content (AvgIpc) is 3.17. The Bertz CT molecular complexity index is 483. The fraction of sp³-hybridized carbons (Fsp3) is 0.857. The van der Waals surface area contributed by atoms with E-state index in [2.05, 4.69) is 9.89 Å². The quantitative estimate of drug-likeness (QED) is 0.709. The molecule has 0 unspecified atom stereocenters. The first-order valence-electron chi connectivity index (χ1n) is 7.82. The van der Waals surface area contributed by atoms with Gasteiger partial charge in [0.15, 0.2) is 5.17 Å². The Morgan fingerprint density at radius 2 is 2.09 bits per heavy atom. The molecule has 9 heteroatoms.